The number of anilines is 1. The summed E-state index contributed by atoms with van der Waals surface area (Å²) in [6.45, 7) is 6.47. The Labute approximate surface area is 118 Å². The fourth-order valence-electron chi connectivity index (χ4n) is 1.94. The molecule has 0 radical (unpaired) electrons. The fourth-order valence-corrected chi connectivity index (χ4v) is 1.94. The zero-order valence-electron chi connectivity index (χ0n) is 12.2. The summed E-state index contributed by atoms with van der Waals surface area (Å²) in [5.74, 6) is -0.257. The van der Waals surface area contributed by atoms with Gasteiger partial charge in [-0.05, 0) is 23.1 Å². The molecule has 0 unspecified atom stereocenters. The van der Waals surface area contributed by atoms with Crippen molar-refractivity contribution in [2.45, 2.75) is 26.2 Å². The summed E-state index contributed by atoms with van der Waals surface area (Å²) in [5, 5.41) is 0. The van der Waals surface area contributed by atoms with Crippen molar-refractivity contribution < 1.29 is 9.53 Å². The number of methoxy groups -OCH3 is 1. The zero-order valence-corrected chi connectivity index (χ0v) is 12.2. The number of benzene rings is 1. The molecule has 106 valence electrons. The van der Waals surface area contributed by atoms with E-state index >= 15 is 0 Å². The molecule has 0 spiro atoms. The van der Waals surface area contributed by atoms with Gasteiger partial charge in [-0.25, -0.2) is 9.78 Å². The molecule has 0 bridgehead atoms. The van der Waals surface area contributed by atoms with Gasteiger partial charge in [-0.3, -0.25) is 4.57 Å². The summed E-state index contributed by atoms with van der Waals surface area (Å²) in [4.78, 5) is 15.5. The summed E-state index contributed by atoms with van der Waals surface area (Å²) < 4.78 is 6.30. The predicted octanol–water partition coefficient (Wildman–Crippen LogP) is 2.54. The van der Waals surface area contributed by atoms with Crippen molar-refractivity contribution >= 4 is 11.8 Å². The van der Waals surface area contributed by atoms with E-state index in [0.29, 0.717) is 0 Å². The Balaban J connectivity index is 2.38. The van der Waals surface area contributed by atoms with Crippen molar-refractivity contribution in [1.29, 1.82) is 0 Å². The summed E-state index contributed by atoms with van der Waals surface area (Å²) in [6, 6.07) is 8.01. The highest BCUT2D eigenvalue weighted by atomic mass is 16.5. The van der Waals surface area contributed by atoms with Gasteiger partial charge >= 0.3 is 5.97 Å². The maximum atomic E-state index is 11.5. The molecule has 0 aliphatic heterocycles. The number of nitrogen functional groups attached to an aromatic ring is 1. The summed E-state index contributed by atoms with van der Waals surface area (Å²) in [6.07, 6.45) is 1.52. The fraction of sp³-hybridized carbons (Fsp3) is 0.333. The Morgan fingerprint density at radius 2 is 1.85 bits per heavy atom. The molecule has 5 heteroatoms. The summed E-state index contributed by atoms with van der Waals surface area (Å²) in [7, 11) is 1.30. The maximum absolute atomic E-state index is 11.5. The number of hydrogen-bond acceptors (Lipinski definition) is 4. The Bertz CT molecular complexity index is 622. The third-order valence-corrected chi connectivity index (χ3v) is 3.19. The van der Waals surface area contributed by atoms with E-state index in [0.717, 1.165) is 5.69 Å². The first-order valence-electron chi connectivity index (χ1n) is 6.36. The molecule has 0 atom stereocenters. The van der Waals surface area contributed by atoms with E-state index in [-0.39, 0.29) is 16.9 Å². The van der Waals surface area contributed by atoms with Crippen molar-refractivity contribution in [1.82, 2.24) is 9.55 Å². The number of esters is 1. The quantitative estimate of drug-likeness (QED) is 0.854. The lowest BCUT2D eigenvalue weighted by molar-refractivity contribution is 0.0596. The minimum absolute atomic E-state index is 0.0934. The molecule has 2 rings (SSSR count). The molecular formula is C15H19N3O2. The topological polar surface area (TPSA) is 70.1 Å². The van der Waals surface area contributed by atoms with Crippen LogP contribution in [0.1, 0.15) is 36.8 Å². The van der Waals surface area contributed by atoms with Crippen LogP contribution in [-0.2, 0) is 10.2 Å². The van der Waals surface area contributed by atoms with E-state index in [1.165, 1.54) is 19.0 Å². The van der Waals surface area contributed by atoms with Gasteiger partial charge in [0.15, 0.2) is 5.69 Å². The first kappa shape index (κ1) is 14.1. The van der Waals surface area contributed by atoms with Gasteiger partial charge in [-0.15, -0.1) is 0 Å². The normalized spacial score (nSPS) is 11.4. The van der Waals surface area contributed by atoms with Crippen molar-refractivity contribution in [3.63, 3.8) is 0 Å². The van der Waals surface area contributed by atoms with Gasteiger partial charge in [-0.1, -0.05) is 32.9 Å². The Kier molecular flexibility index (Phi) is 3.53. The molecule has 2 aromatic rings. The van der Waals surface area contributed by atoms with Crippen LogP contribution >= 0.6 is 0 Å². The number of carbonyl (C=O) groups is 1. The van der Waals surface area contributed by atoms with Gasteiger partial charge in [-0.2, -0.15) is 0 Å². The SMILES string of the molecule is COC(=O)c1ncn(-c2ccc(C(C)(C)C)cc2)c1N. The Morgan fingerprint density at radius 3 is 2.35 bits per heavy atom. The number of carbonyl (C=O) groups excluding carboxylic acids is 1. The van der Waals surface area contributed by atoms with Crippen molar-refractivity contribution in [3.05, 3.63) is 41.9 Å². The van der Waals surface area contributed by atoms with Gasteiger partial charge in [0, 0.05) is 5.69 Å². The molecule has 20 heavy (non-hydrogen) atoms. The number of rotatable bonds is 2. The van der Waals surface area contributed by atoms with Crippen LogP contribution in [0.2, 0.25) is 0 Å². The molecular weight excluding hydrogens is 254 g/mol. The number of imidazole rings is 1. The number of ether oxygens (including phenoxy) is 1. The highest BCUT2D eigenvalue weighted by molar-refractivity contribution is 5.92. The van der Waals surface area contributed by atoms with Crippen LogP contribution in [0.3, 0.4) is 0 Å². The Hall–Kier alpha value is -2.30. The van der Waals surface area contributed by atoms with Crippen molar-refractivity contribution in [2.75, 3.05) is 12.8 Å². The first-order valence-corrected chi connectivity index (χ1v) is 6.36. The average Bonchev–Trinajstić information content (AvgIpc) is 2.79. The number of aromatic nitrogens is 2. The molecule has 0 fully saturated rings. The minimum Gasteiger partial charge on any atom is -0.464 e. The van der Waals surface area contributed by atoms with Gasteiger partial charge < -0.3 is 10.5 Å². The van der Waals surface area contributed by atoms with E-state index in [1.807, 2.05) is 24.3 Å². The van der Waals surface area contributed by atoms with E-state index in [2.05, 4.69) is 30.5 Å². The van der Waals surface area contributed by atoms with Crippen LogP contribution in [0.4, 0.5) is 5.82 Å². The molecule has 0 aliphatic rings. The summed E-state index contributed by atoms with van der Waals surface area (Å²) in [5.41, 5.74) is 8.25. The van der Waals surface area contributed by atoms with Gasteiger partial charge in [0.2, 0.25) is 0 Å². The third-order valence-electron chi connectivity index (χ3n) is 3.19. The van der Waals surface area contributed by atoms with E-state index in [4.69, 9.17) is 5.73 Å². The molecule has 0 amide bonds. The standard InChI is InChI=1S/C15H19N3O2/c1-15(2,3)10-5-7-11(8-6-10)18-9-17-12(13(18)16)14(19)20-4/h5-9H,16H2,1-4H3. The van der Waals surface area contributed by atoms with Crippen LogP contribution in [0.25, 0.3) is 5.69 Å². The lowest BCUT2D eigenvalue weighted by atomic mass is 9.87. The summed E-state index contributed by atoms with van der Waals surface area (Å²) >= 11 is 0. The maximum Gasteiger partial charge on any atom is 0.360 e. The second-order valence-corrected chi connectivity index (χ2v) is 5.64. The van der Waals surface area contributed by atoms with Gasteiger partial charge in [0.1, 0.15) is 12.1 Å². The van der Waals surface area contributed by atoms with Crippen LogP contribution in [0.15, 0.2) is 30.6 Å². The average molecular weight is 273 g/mol. The molecule has 2 N–H and O–H groups in total. The Morgan fingerprint density at radius 1 is 1.25 bits per heavy atom. The monoisotopic (exact) mass is 273 g/mol. The van der Waals surface area contributed by atoms with Crippen LogP contribution < -0.4 is 5.73 Å². The van der Waals surface area contributed by atoms with E-state index in [9.17, 15) is 4.79 Å². The molecule has 0 aliphatic carbocycles. The number of nitrogens with two attached hydrogens (primary N) is 1. The van der Waals surface area contributed by atoms with Crippen LogP contribution in [0, 0.1) is 0 Å². The highest BCUT2D eigenvalue weighted by Crippen LogP contribution is 2.24. The smallest absolute Gasteiger partial charge is 0.360 e. The van der Waals surface area contributed by atoms with Gasteiger partial charge in [0.05, 0.1) is 7.11 Å². The zero-order chi connectivity index (χ0) is 14.9. The molecule has 1 aromatic heterocycles. The molecule has 0 saturated heterocycles. The molecule has 0 saturated carbocycles. The largest absolute Gasteiger partial charge is 0.464 e. The van der Waals surface area contributed by atoms with Crippen molar-refractivity contribution in [2.24, 2.45) is 0 Å². The second kappa shape index (κ2) is 5.00. The van der Waals surface area contributed by atoms with Crippen molar-refractivity contribution in [3.8, 4) is 5.69 Å². The second-order valence-electron chi connectivity index (χ2n) is 5.64. The highest BCUT2D eigenvalue weighted by Gasteiger charge is 2.18. The third kappa shape index (κ3) is 2.52. The van der Waals surface area contributed by atoms with Crippen LogP contribution in [-0.4, -0.2) is 22.6 Å². The van der Waals surface area contributed by atoms with Gasteiger partial charge in [0.25, 0.3) is 0 Å². The molecule has 5 nitrogen and oxygen atoms in total. The van der Waals surface area contributed by atoms with E-state index in [1.54, 1.807) is 4.57 Å². The number of hydrogen-bond donors (Lipinski definition) is 1. The lowest BCUT2D eigenvalue weighted by Crippen LogP contribution is -2.11. The molecule has 1 heterocycles. The van der Waals surface area contributed by atoms with E-state index < -0.39 is 5.97 Å². The molecule has 1 aromatic carbocycles. The number of nitrogens with zero attached hydrogens (tertiary/aromatic N) is 2. The predicted molar refractivity (Wildman–Crippen MR) is 78.0 cm³/mol. The van der Waals surface area contributed by atoms with Crippen LogP contribution in [0.5, 0.6) is 0 Å². The minimum atomic E-state index is -0.535. The lowest BCUT2D eigenvalue weighted by Gasteiger charge is -2.19. The first-order chi connectivity index (χ1) is 9.34.